The predicted molar refractivity (Wildman–Crippen MR) is 180 cm³/mol. The van der Waals surface area contributed by atoms with E-state index in [2.05, 4.69) is 85.7 Å². The number of quaternary nitrogens is 1. The van der Waals surface area contributed by atoms with Gasteiger partial charge in [0.05, 0.1) is 31.7 Å². The molecule has 1 N–H and O–H groups in total. The van der Waals surface area contributed by atoms with Crippen molar-refractivity contribution in [1.29, 1.82) is 0 Å². The number of carbonyl (C=O) groups is 1. The third-order valence-corrected chi connectivity index (χ3v) is 7.00. The Morgan fingerprint density at radius 2 is 0.923 bits per heavy atom. The van der Waals surface area contributed by atoms with Crippen LogP contribution in [0, 0.1) is 0 Å². The Hall–Kier alpha value is -1.84. The number of carboxylic acids is 1. The molecule has 0 saturated carbocycles. The van der Waals surface area contributed by atoms with Crippen LogP contribution in [0.1, 0.15) is 146 Å². The smallest absolute Gasteiger partial charge is 0.335 e. The number of aromatic carboxylic acids is 1. The van der Waals surface area contributed by atoms with E-state index in [1.165, 1.54) is 48.2 Å². The molecule has 0 aromatic heterocycles. The average Bonchev–Trinajstić information content (AvgIpc) is 2.86. The molecular weight excluding hydrogens is 502 g/mol. The van der Waals surface area contributed by atoms with Gasteiger partial charge in [-0.1, -0.05) is 115 Å². The van der Waals surface area contributed by atoms with Gasteiger partial charge in [0.15, 0.2) is 0 Å². The maximum absolute atomic E-state index is 10.6. The minimum absolute atomic E-state index is 0. The number of benzene rings is 2. The van der Waals surface area contributed by atoms with Gasteiger partial charge in [0.2, 0.25) is 0 Å². The standard InChI is InChI=1S/C11H14O2.C10H14.C8H20N.6CH4.ClH/c1-3-8(2)9-4-6-10(7-5-9)11(12)13;1-3-9(2)10-7-5-4-6-8-10;1-5-9(6-2,7-3)8-4;;;;;;;/h4-8H,3H2,1-2H3,(H,12,13);4-9H,3H2,1-2H3;5-8H2,1-4H3;6*1H4;1H/q;;+1;;;;;;;/p-1. The van der Waals surface area contributed by atoms with Crippen LogP contribution in [0.4, 0.5) is 0 Å². The van der Waals surface area contributed by atoms with E-state index in [0.717, 1.165) is 6.42 Å². The number of nitrogens with zero attached hydrogens (tertiary/aromatic N) is 1. The van der Waals surface area contributed by atoms with Crippen molar-refractivity contribution >= 4 is 5.97 Å². The Balaban J connectivity index is -0.0000000574. The van der Waals surface area contributed by atoms with Crippen LogP contribution in [0.5, 0.6) is 0 Å². The van der Waals surface area contributed by atoms with Gasteiger partial charge in [-0.2, -0.15) is 0 Å². The molecule has 0 aliphatic rings. The molecule has 0 aliphatic heterocycles. The number of hydrogen-bond donors (Lipinski definition) is 1. The first-order chi connectivity index (χ1) is 15.2. The number of carboxylic acid groups (broad SMARTS) is 1. The second kappa shape index (κ2) is 32.4. The van der Waals surface area contributed by atoms with Crippen molar-refractivity contribution in [3.63, 3.8) is 0 Å². The lowest BCUT2D eigenvalue weighted by Gasteiger charge is -2.34. The summed E-state index contributed by atoms with van der Waals surface area (Å²) in [6.45, 7) is 23.0. The van der Waals surface area contributed by atoms with E-state index in [4.69, 9.17) is 5.11 Å². The second-order valence-electron chi connectivity index (χ2n) is 8.56. The van der Waals surface area contributed by atoms with E-state index in [9.17, 15) is 4.79 Å². The Labute approximate surface area is 254 Å². The van der Waals surface area contributed by atoms with Crippen molar-refractivity contribution in [2.24, 2.45) is 0 Å². The highest BCUT2D eigenvalue weighted by Crippen LogP contribution is 2.19. The largest absolute Gasteiger partial charge is 1.00 e. The highest BCUT2D eigenvalue weighted by molar-refractivity contribution is 5.87. The van der Waals surface area contributed by atoms with Crippen molar-refractivity contribution < 1.29 is 26.8 Å². The molecule has 3 nitrogen and oxygen atoms in total. The number of hydrogen-bond acceptors (Lipinski definition) is 1. The summed E-state index contributed by atoms with van der Waals surface area (Å²) < 4.78 is 1.28. The molecule has 0 saturated heterocycles. The van der Waals surface area contributed by atoms with E-state index in [1.54, 1.807) is 12.1 Å². The lowest BCUT2D eigenvalue weighted by Crippen LogP contribution is -3.00. The molecule has 4 heteroatoms. The molecule has 2 unspecified atom stereocenters. The lowest BCUT2D eigenvalue weighted by molar-refractivity contribution is -0.921. The molecule has 39 heavy (non-hydrogen) atoms. The minimum atomic E-state index is -0.865. The van der Waals surface area contributed by atoms with Crippen LogP contribution in [-0.2, 0) is 0 Å². The van der Waals surface area contributed by atoms with Gasteiger partial charge in [0.25, 0.3) is 0 Å². The van der Waals surface area contributed by atoms with E-state index >= 15 is 0 Å². The minimum Gasteiger partial charge on any atom is -1.00 e. The molecule has 2 aromatic rings. The van der Waals surface area contributed by atoms with Crippen molar-refractivity contribution in [1.82, 2.24) is 0 Å². The normalized spacial score (nSPS) is 10.3. The average molecular weight is 574 g/mol. The fourth-order valence-electron chi connectivity index (χ4n) is 3.55. The first kappa shape index (κ1) is 57.1. The van der Waals surface area contributed by atoms with Gasteiger partial charge in [0.1, 0.15) is 0 Å². The molecule has 0 radical (unpaired) electrons. The van der Waals surface area contributed by atoms with E-state index in [-0.39, 0.29) is 57.0 Å². The summed E-state index contributed by atoms with van der Waals surface area (Å²) in [5.74, 6) is 0.347. The van der Waals surface area contributed by atoms with Crippen molar-refractivity contribution in [3.8, 4) is 0 Å². The first-order valence-corrected chi connectivity index (χ1v) is 12.5. The molecule has 0 aliphatic carbocycles. The highest BCUT2D eigenvalue weighted by atomic mass is 35.5. The summed E-state index contributed by atoms with van der Waals surface area (Å²) in [6.07, 6.45) is 2.30. The van der Waals surface area contributed by atoms with Crippen LogP contribution in [0.15, 0.2) is 54.6 Å². The van der Waals surface area contributed by atoms with E-state index < -0.39 is 5.97 Å². The second-order valence-corrected chi connectivity index (χ2v) is 8.56. The topological polar surface area (TPSA) is 37.3 Å². The molecule has 0 fully saturated rings. The summed E-state index contributed by atoms with van der Waals surface area (Å²) >= 11 is 0. The Kier molecular flexibility index (Phi) is 47.4. The number of halogens is 1. The quantitative estimate of drug-likeness (QED) is 0.304. The Bertz CT molecular complexity index is 711. The van der Waals surface area contributed by atoms with Crippen molar-refractivity contribution in [3.05, 3.63) is 71.3 Å². The monoisotopic (exact) mass is 574 g/mol. The maximum atomic E-state index is 10.6. The lowest BCUT2D eigenvalue weighted by atomic mass is 9.98. The molecule has 236 valence electrons. The Morgan fingerprint density at radius 3 is 1.15 bits per heavy atom. The van der Waals surface area contributed by atoms with E-state index in [1.807, 2.05) is 12.1 Å². The first-order valence-electron chi connectivity index (χ1n) is 12.5. The summed E-state index contributed by atoms with van der Waals surface area (Å²) in [6, 6.07) is 17.7. The van der Waals surface area contributed by atoms with Crippen LogP contribution in [0.3, 0.4) is 0 Å². The van der Waals surface area contributed by atoms with E-state index in [0.29, 0.717) is 17.4 Å². The van der Waals surface area contributed by atoms with Gasteiger partial charge in [0, 0.05) is 0 Å². The van der Waals surface area contributed by atoms with Gasteiger partial charge in [-0.25, -0.2) is 4.79 Å². The molecule has 0 spiro atoms. The van der Waals surface area contributed by atoms with Crippen LogP contribution in [0.2, 0.25) is 0 Å². The van der Waals surface area contributed by atoms with Crippen molar-refractivity contribution in [2.75, 3.05) is 26.2 Å². The van der Waals surface area contributed by atoms with Gasteiger partial charge in [-0.05, 0) is 75.6 Å². The SMILES string of the molecule is C.C.C.C.C.C.CCC(C)c1ccc(C(=O)O)cc1.CCC(C)c1ccccc1.CC[N+](CC)(CC)CC.[Cl-]. The molecule has 2 aromatic carbocycles. The molecule has 2 atom stereocenters. The van der Waals surface area contributed by atoms with Gasteiger partial charge in [-0.3, -0.25) is 0 Å². The van der Waals surface area contributed by atoms with Gasteiger partial charge >= 0.3 is 5.97 Å². The summed E-state index contributed by atoms with van der Waals surface area (Å²) in [5.41, 5.74) is 3.00. The third-order valence-electron chi connectivity index (χ3n) is 7.00. The van der Waals surface area contributed by atoms with Crippen LogP contribution >= 0.6 is 0 Å². The van der Waals surface area contributed by atoms with Crippen LogP contribution in [-0.4, -0.2) is 41.7 Å². The van der Waals surface area contributed by atoms with Gasteiger partial charge in [-0.15, -0.1) is 0 Å². The third kappa shape index (κ3) is 21.6. The molecule has 0 bridgehead atoms. The predicted octanol–water partition coefficient (Wildman–Crippen LogP) is 8.80. The Morgan fingerprint density at radius 1 is 0.615 bits per heavy atom. The maximum Gasteiger partial charge on any atom is 0.335 e. The fraction of sp³-hybridized carbons (Fsp3) is 0.629. The fourth-order valence-corrected chi connectivity index (χ4v) is 3.55. The summed E-state index contributed by atoms with van der Waals surface area (Å²) in [4.78, 5) is 10.6. The molecule has 2 rings (SSSR count). The molecule has 0 heterocycles. The van der Waals surface area contributed by atoms with Crippen molar-refractivity contribution in [2.45, 2.75) is 125 Å². The summed E-state index contributed by atoms with van der Waals surface area (Å²) in [5, 5.41) is 8.67. The zero-order valence-corrected chi connectivity index (χ0v) is 23.0. The summed E-state index contributed by atoms with van der Waals surface area (Å²) in [7, 11) is 0. The molecule has 0 amide bonds. The highest BCUT2D eigenvalue weighted by Gasteiger charge is 2.16. The van der Waals surface area contributed by atoms with Gasteiger partial charge < -0.3 is 22.0 Å². The van der Waals surface area contributed by atoms with Crippen LogP contribution in [0.25, 0.3) is 0 Å². The zero-order chi connectivity index (χ0) is 24.6. The van der Waals surface area contributed by atoms with Crippen LogP contribution < -0.4 is 12.4 Å². The zero-order valence-electron chi connectivity index (χ0n) is 22.3. The number of rotatable bonds is 9. The molecular formula is C35H72ClNO2.